The fourth-order valence-electron chi connectivity index (χ4n) is 4.51. The molecular weight excluding hydrogens is 485 g/mol. The Hall–Kier alpha value is -3.22. The van der Waals surface area contributed by atoms with Crippen LogP contribution in [0.5, 0.6) is 0 Å². The van der Waals surface area contributed by atoms with Crippen LogP contribution in [-0.4, -0.2) is 40.1 Å². The number of anilines is 2. The monoisotopic (exact) mass is 510 g/mol. The van der Waals surface area contributed by atoms with E-state index >= 15 is 0 Å². The minimum atomic E-state index is -4.26. The molecule has 1 aromatic carbocycles. The van der Waals surface area contributed by atoms with Gasteiger partial charge in [0.25, 0.3) is 5.56 Å². The van der Waals surface area contributed by atoms with E-state index in [1.54, 1.807) is 13.8 Å². The van der Waals surface area contributed by atoms with Crippen LogP contribution < -0.4 is 16.0 Å². The molecule has 0 unspecified atom stereocenters. The molecule has 3 aromatic rings. The Kier molecular flexibility index (Phi) is 6.47. The molecule has 188 valence electrons. The van der Waals surface area contributed by atoms with Gasteiger partial charge in [0, 0.05) is 17.0 Å². The number of nitrogens with two attached hydrogens (primary N) is 1. The highest BCUT2D eigenvalue weighted by molar-refractivity contribution is 7.92. The number of hydrogen-bond acceptors (Lipinski definition) is 7. The second-order valence-electron chi connectivity index (χ2n) is 9.09. The first-order chi connectivity index (χ1) is 16.4. The Morgan fingerprint density at radius 1 is 1.20 bits per heavy atom. The Morgan fingerprint density at radius 2 is 1.89 bits per heavy atom. The number of fused-ring (bicyclic) bond motifs is 1. The van der Waals surface area contributed by atoms with Crippen molar-refractivity contribution in [2.75, 3.05) is 16.2 Å². The Labute approximate surface area is 199 Å². The lowest BCUT2D eigenvalue weighted by molar-refractivity contribution is 0.0142. The van der Waals surface area contributed by atoms with Crippen molar-refractivity contribution in [3.63, 3.8) is 0 Å². The predicted molar refractivity (Wildman–Crippen MR) is 126 cm³/mol. The van der Waals surface area contributed by atoms with Gasteiger partial charge in [-0.25, -0.2) is 31.6 Å². The van der Waals surface area contributed by atoms with E-state index in [0.29, 0.717) is 12.8 Å². The smallest absolute Gasteiger partial charge is 0.278 e. The van der Waals surface area contributed by atoms with Crippen LogP contribution in [0.2, 0.25) is 0 Å². The third kappa shape index (κ3) is 4.81. The summed E-state index contributed by atoms with van der Waals surface area (Å²) >= 11 is 0. The highest BCUT2D eigenvalue weighted by Gasteiger charge is 2.46. The molecule has 1 saturated carbocycles. The first-order valence-electron chi connectivity index (χ1n) is 11.1. The SMILES string of the molecule is CC(C)n1c(=O)c(-c2ccc(NS(=O)(=O)CC3(C(F)F)CCCC3)c(F)c2)nc2cnc(N)nc21. The lowest BCUT2D eigenvalue weighted by atomic mass is 9.89. The van der Waals surface area contributed by atoms with Gasteiger partial charge in [0.1, 0.15) is 17.0 Å². The van der Waals surface area contributed by atoms with Crippen LogP contribution in [0.25, 0.3) is 22.4 Å². The fraction of sp³-hybridized carbons (Fsp3) is 0.455. The van der Waals surface area contributed by atoms with E-state index in [4.69, 9.17) is 5.73 Å². The van der Waals surface area contributed by atoms with Crippen molar-refractivity contribution in [3.8, 4) is 11.3 Å². The van der Waals surface area contributed by atoms with Crippen molar-refractivity contribution in [3.05, 3.63) is 40.6 Å². The van der Waals surface area contributed by atoms with E-state index in [2.05, 4.69) is 19.7 Å². The summed E-state index contributed by atoms with van der Waals surface area (Å²) in [6, 6.07) is 3.11. The molecule has 0 bridgehead atoms. The zero-order valence-corrected chi connectivity index (χ0v) is 19.9. The molecule has 1 fully saturated rings. The third-order valence-electron chi connectivity index (χ3n) is 6.21. The van der Waals surface area contributed by atoms with E-state index in [0.717, 1.165) is 12.1 Å². The maximum Gasteiger partial charge on any atom is 0.278 e. The van der Waals surface area contributed by atoms with Gasteiger partial charge >= 0.3 is 0 Å². The van der Waals surface area contributed by atoms with Crippen molar-refractivity contribution in [1.29, 1.82) is 0 Å². The van der Waals surface area contributed by atoms with Crippen LogP contribution in [0.3, 0.4) is 0 Å². The normalized spacial score (nSPS) is 15.9. The van der Waals surface area contributed by atoms with E-state index in [1.165, 1.54) is 16.8 Å². The van der Waals surface area contributed by atoms with Crippen LogP contribution in [0.4, 0.5) is 24.8 Å². The largest absolute Gasteiger partial charge is 0.368 e. The quantitative estimate of drug-likeness (QED) is 0.495. The molecular formula is C22H25F3N6O3S. The minimum absolute atomic E-state index is 0.0326. The predicted octanol–water partition coefficient (Wildman–Crippen LogP) is 3.72. The van der Waals surface area contributed by atoms with Crippen LogP contribution in [0.15, 0.2) is 29.2 Å². The summed E-state index contributed by atoms with van der Waals surface area (Å²) < 4.78 is 70.9. The maximum atomic E-state index is 14.9. The van der Waals surface area contributed by atoms with Gasteiger partial charge in [-0.2, -0.15) is 4.98 Å². The van der Waals surface area contributed by atoms with Crippen molar-refractivity contribution in [2.45, 2.75) is 52.0 Å². The molecule has 0 atom stereocenters. The molecule has 9 nitrogen and oxygen atoms in total. The van der Waals surface area contributed by atoms with Gasteiger partial charge in [-0.15, -0.1) is 0 Å². The summed E-state index contributed by atoms with van der Waals surface area (Å²) in [5.74, 6) is -1.81. The molecule has 0 aliphatic heterocycles. The number of nitrogens with zero attached hydrogens (tertiary/aromatic N) is 4. The standard InChI is InChI=1S/C22H25F3N6O3S/c1-12(2)31-18-16(10-27-21(26)29-18)28-17(19(31)32)13-5-6-15(14(23)9-13)30-35(33,34)11-22(20(24)25)7-3-4-8-22/h5-6,9-10,12,20,30H,3-4,7-8,11H2,1-2H3,(H2,26,27,29). The van der Waals surface area contributed by atoms with Gasteiger partial charge in [0.15, 0.2) is 5.65 Å². The van der Waals surface area contributed by atoms with Crippen LogP contribution in [0, 0.1) is 11.2 Å². The molecule has 2 heterocycles. The maximum absolute atomic E-state index is 14.9. The average molecular weight is 511 g/mol. The lowest BCUT2D eigenvalue weighted by Crippen LogP contribution is -2.37. The van der Waals surface area contributed by atoms with E-state index in [9.17, 15) is 26.4 Å². The first-order valence-corrected chi connectivity index (χ1v) is 12.7. The molecule has 2 aromatic heterocycles. The van der Waals surface area contributed by atoms with Crippen LogP contribution in [-0.2, 0) is 10.0 Å². The highest BCUT2D eigenvalue weighted by atomic mass is 32.2. The minimum Gasteiger partial charge on any atom is -0.368 e. The van der Waals surface area contributed by atoms with Crippen molar-refractivity contribution in [2.24, 2.45) is 5.41 Å². The van der Waals surface area contributed by atoms with Gasteiger partial charge in [-0.05, 0) is 38.8 Å². The average Bonchev–Trinajstić information content (AvgIpc) is 3.23. The Morgan fingerprint density at radius 3 is 2.49 bits per heavy atom. The van der Waals surface area contributed by atoms with Crippen molar-refractivity contribution in [1.82, 2.24) is 19.5 Å². The summed E-state index contributed by atoms with van der Waals surface area (Å²) in [5.41, 5.74) is 3.57. The molecule has 0 spiro atoms. The van der Waals surface area contributed by atoms with Gasteiger partial charge in [0.05, 0.1) is 17.6 Å². The number of sulfonamides is 1. The highest BCUT2D eigenvalue weighted by Crippen LogP contribution is 2.44. The molecule has 3 N–H and O–H groups in total. The zero-order chi connectivity index (χ0) is 25.5. The fourth-order valence-corrected chi connectivity index (χ4v) is 6.26. The van der Waals surface area contributed by atoms with E-state index in [-0.39, 0.29) is 47.3 Å². The van der Waals surface area contributed by atoms with Crippen LogP contribution in [0.1, 0.15) is 45.6 Å². The number of alkyl halides is 2. The summed E-state index contributed by atoms with van der Waals surface area (Å²) in [7, 11) is -4.26. The number of halogens is 3. The molecule has 1 aliphatic carbocycles. The van der Waals surface area contributed by atoms with Gasteiger partial charge in [-0.3, -0.25) is 14.1 Å². The number of rotatable bonds is 7. The number of nitrogens with one attached hydrogen (secondary N) is 1. The number of aromatic nitrogens is 4. The molecule has 4 rings (SSSR count). The third-order valence-corrected chi connectivity index (χ3v) is 7.70. The second kappa shape index (κ2) is 9.10. The molecule has 35 heavy (non-hydrogen) atoms. The summed E-state index contributed by atoms with van der Waals surface area (Å²) in [4.78, 5) is 25.4. The second-order valence-corrected chi connectivity index (χ2v) is 10.8. The van der Waals surface area contributed by atoms with Gasteiger partial charge < -0.3 is 5.73 Å². The summed E-state index contributed by atoms with van der Waals surface area (Å²) in [5, 5.41) is 0. The van der Waals surface area contributed by atoms with E-state index in [1.807, 2.05) is 0 Å². The summed E-state index contributed by atoms with van der Waals surface area (Å²) in [6.45, 7) is 3.52. The number of hydrogen-bond donors (Lipinski definition) is 2. The zero-order valence-electron chi connectivity index (χ0n) is 19.1. The van der Waals surface area contributed by atoms with E-state index < -0.39 is 44.7 Å². The lowest BCUT2D eigenvalue weighted by Gasteiger charge is -2.27. The van der Waals surface area contributed by atoms with Crippen LogP contribution >= 0.6 is 0 Å². The summed E-state index contributed by atoms with van der Waals surface area (Å²) in [6.07, 6.45) is -0.216. The number of nitrogen functional groups attached to an aromatic ring is 1. The topological polar surface area (TPSA) is 133 Å². The molecule has 0 amide bonds. The van der Waals surface area contributed by atoms with Crippen molar-refractivity contribution >= 4 is 32.8 Å². The Balaban J connectivity index is 1.69. The molecule has 13 heteroatoms. The van der Waals surface area contributed by atoms with Crippen molar-refractivity contribution < 1.29 is 21.6 Å². The van der Waals surface area contributed by atoms with Gasteiger partial charge in [-0.1, -0.05) is 18.9 Å². The van der Waals surface area contributed by atoms with Gasteiger partial charge in [0.2, 0.25) is 22.4 Å². The number of benzene rings is 1. The molecule has 0 radical (unpaired) electrons. The first kappa shape index (κ1) is 24.9. The Bertz CT molecular complexity index is 1440. The molecule has 1 aliphatic rings. The molecule has 0 saturated heterocycles.